The lowest BCUT2D eigenvalue weighted by atomic mass is 10.0. The lowest BCUT2D eigenvalue weighted by Crippen LogP contribution is -2.34. The molecule has 4 aromatic rings. The highest BCUT2D eigenvalue weighted by Crippen LogP contribution is 2.34. The van der Waals surface area contributed by atoms with Gasteiger partial charge in [-0.25, -0.2) is 4.98 Å². The standard InChI is InChI=1S/C28H28N4O3S2/c1-17(2)19-9-11-20(12-10-19)29-24(34)16-36-28-30-26-25(27(35)32(28)21-7-5-4-6-8-21)22-13-14-31(18(3)33)15-23(22)37-26/h4-12,17H,13-16H2,1-3H3,(H,29,34). The molecule has 3 heterocycles. The van der Waals surface area contributed by atoms with E-state index < -0.39 is 0 Å². The van der Waals surface area contributed by atoms with Crippen LogP contribution in [0, 0.1) is 0 Å². The first-order valence-corrected chi connectivity index (χ1v) is 14.0. The molecule has 0 radical (unpaired) electrons. The molecule has 0 saturated carbocycles. The zero-order chi connectivity index (χ0) is 26.1. The Morgan fingerprint density at radius 1 is 1.11 bits per heavy atom. The number of hydrogen-bond donors (Lipinski definition) is 1. The Morgan fingerprint density at radius 3 is 2.51 bits per heavy atom. The molecule has 190 valence electrons. The van der Waals surface area contributed by atoms with Crippen LogP contribution in [-0.4, -0.2) is 38.6 Å². The number of anilines is 1. The van der Waals surface area contributed by atoms with Crippen molar-refractivity contribution >= 4 is 50.8 Å². The van der Waals surface area contributed by atoms with E-state index in [1.165, 1.54) is 28.7 Å². The monoisotopic (exact) mass is 532 g/mol. The number of nitrogens with zero attached hydrogens (tertiary/aromatic N) is 3. The zero-order valence-electron chi connectivity index (χ0n) is 21.0. The molecule has 1 aliphatic rings. The highest BCUT2D eigenvalue weighted by Gasteiger charge is 2.26. The second-order valence-electron chi connectivity index (χ2n) is 9.36. The molecule has 0 unspecified atom stereocenters. The molecule has 0 aliphatic carbocycles. The Morgan fingerprint density at radius 2 is 1.84 bits per heavy atom. The molecule has 2 amide bonds. The van der Waals surface area contributed by atoms with Crippen LogP contribution < -0.4 is 10.9 Å². The van der Waals surface area contributed by atoms with E-state index in [0.717, 1.165) is 16.1 Å². The first-order chi connectivity index (χ1) is 17.8. The van der Waals surface area contributed by atoms with Crippen molar-refractivity contribution in [3.63, 3.8) is 0 Å². The fourth-order valence-corrected chi connectivity index (χ4v) is 6.56. The first kappa shape index (κ1) is 25.2. The number of nitrogens with one attached hydrogen (secondary N) is 1. The number of hydrogen-bond acceptors (Lipinski definition) is 6. The largest absolute Gasteiger partial charge is 0.337 e. The molecule has 2 aromatic heterocycles. The molecular weight excluding hydrogens is 504 g/mol. The number of carbonyl (C=O) groups is 2. The van der Waals surface area contributed by atoms with Crippen LogP contribution in [0.3, 0.4) is 0 Å². The topological polar surface area (TPSA) is 84.3 Å². The van der Waals surface area contributed by atoms with Crippen molar-refractivity contribution in [1.29, 1.82) is 0 Å². The van der Waals surface area contributed by atoms with Gasteiger partial charge in [0, 0.05) is 24.0 Å². The van der Waals surface area contributed by atoms with Crippen molar-refractivity contribution in [2.45, 2.75) is 44.8 Å². The summed E-state index contributed by atoms with van der Waals surface area (Å²) < 4.78 is 1.60. The van der Waals surface area contributed by atoms with Crippen LogP contribution in [-0.2, 0) is 22.6 Å². The number of rotatable bonds is 6. The quantitative estimate of drug-likeness (QED) is 0.272. The molecule has 1 aliphatic heterocycles. The van der Waals surface area contributed by atoms with Crippen molar-refractivity contribution < 1.29 is 9.59 Å². The van der Waals surface area contributed by atoms with Crippen molar-refractivity contribution in [2.24, 2.45) is 0 Å². The summed E-state index contributed by atoms with van der Waals surface area (Å²) in [5.41, 5.74) is 3.49. The molecule has 1 N–H and O–H groups in total. The lowest BCUT2D eigenvalue weighted by Gasteiger charge is -2.25. The molecule has 0 saturated heterocycles. The van der Waals surface area contributed by atoms with E-state index >= 15 is 0 Å². The maximum Gasteiger partial charge on any atom is 0.267 e. The van der Waals surface area contributed by atoms with Gasteiger partial charge in [-0.2, -0.15) is 0 Å². The maximum atomic E-state index is 13.9. The third-order valence-corrected chi connectivity index (χ3v) is 8.55. The Balaban J connectivity index is 1.46. The second kappa shape index (κ2) is 10.5. The number of aromatic nitrogens is 2. The smallest absolute Gasteiger partial charge is 0.267 e. The van der Waals surface area contributed by atoms with Crippen LogP contribution >= 0.6 is 23.1 Å². The van der Waals surface area contributed by atoms with Gasteiger partial charge >= 0.3 is 0 Å². The minimum atomic E-state index is -0.168. The number of thioether (sulfide) groups is 1. The highest BCUT2D eigenvalue weighted by atomic mass is 32.2. The van der Waals surface area contributed by atoms with Crippen molar-refractivity contribution in [3.05, 3.63) is 81.0 Å². The van der Waals surface area contributed by atoms with Crippen molar-refractivity contribution in [2.75, 3.05) is 17.6 Å². The average molecular weight is 533 g/mol. The minimum Gasteiger partial charge on any atom is -0.337 e. The van der Waals surface area contributed by atoms with Crippen LogP contribution in [0.25, 0.3) is 15.9 Å². The van der Waals surface area contributed by atoms with E-state index in [1.807, 2.05) is 54.6 Å². The van der Waals surface area contributed by atoms with Crippen LogP contribution in [0.15, 0.2) is 64.5 Å². The number of benzene rings is 2. The van der Waals surface area contributed by atoms with E-state index in [9.17, 15) is 14.4 Å². The first-order valence-electron chi connectivity index (χ1n) is 12.2. The average Bonchev–Trinajstić information content (AvgIpc) is 3.26. The fraction of sp³-hybridized carbons (Fsp3) is 0.286. The number of thiophene rings is 1. The van der Waals surface area contributed by atoms with Gasteiger partial charge < -0.3 is 10.2 Å². The molecule has 0 fully saturated rings. The number of amides is 2. The summed E-state index contributed by atoms with van der Waals surface area (Å²) in [6.45, 7) is 6.91. The van der Waals surface area contributed by atoms with E-state index in [2.05, 4.69) is 19.2 Å². The summed E-state index contributed by atoms with van der Waals surface area (Å²) in [5.74, 6) is 0.391. The summed E-state index contributed by atoms with van der Waals surface area (Å²) in [5, 5.41) is 4.02. The van der Waals surface area contributed by atoms with Gasteiger partial charge in [0.15, 0.2) is 5.16 Å². The van der Waals surface area contributed by atoms with Gasteiger partial charge in [-0.3, -0.25) is 19.0 Å². The maximum absolute atomic E-state index is 13.9. The number of carbonyl (C=O) groups excluding carboxylic acids is 2. The van der Waals surface area contributed by atoms with Crippen LogP contribution in [0.5, 0.6) is 0 Å². The molecule has 0 atom stereocenters. The number of para-hydroxylation sites is 1. The number of fused-ring (bicyclic) bond motifs is 3. The van der Waals surface area contributed by atoms with Crippen LogP contribution in [0.2, 0.25) is 0 Å². The van der Waals surface area contributed by atoms with E-state index in [1.54, 1.807) is 16.4 Å². The van der Waals surface area contributed by atoms with Gasteiger partial charge in [0.25, 0.3) is 5.56 Å². The molecule has 37 heavy (non-hydrogen) atoms. The van der Waals surface area contributed by atoms with Gasteiger partial charge in [0.1, 0.15) is 4.83 Å². The summed E-state index contributed by atoms with van der Waals surface area (Å²) in [7, 11) is 0. The Labute approximate surface area is 223 Å². The van der Waals surface area contributed by atoms with Crippen LogP contribution in [0.1, 0.15) is 42.7 Å². The normalized spacial score (nSPS) is 13.1. The molecule has 2 aromatic carbocycles. The third-order valence-electron chi connectivity index (χ3n) is 6.50. The van der Waals surface area contributed by atoms with Gasteiger partial charge in [-0.1, -0.05) is 55.9 Å². The highest BCUT2D eigenvalue weighted by molar-refractivity contribution is 7.99. The van der Waals surface area contributed by atoms with Gasteiger partial charge in [-0.05, 0) is 47.7 Å². The summed E-state index contributed by atoms with van der Waals surface area (Å²) in [6, 6.07) is 17.2. The Hall–Kier alpha value is -3.43. The molecular formula is C28H28N4O3S2. The van der Waals surface area contributed by atoms with Crippen molar-refractivity contribution in [1.82, 2.24) is 14.5 Å². The summed E-state index contributed by atoms with van der Waals surface area (Å²) in [4.78, 5) is 46.9. The molecule has 9 heteroatoms. The summed E-state index contributed by atoms with van der Waals surface area (Å²) in [6.07, 6.45) is 0.630. The Kier molecular flexibility index (Phi) is 7.17. The van der Waals surface area contributed by atoms with Gasteiger partial charge in [-0.15, -0.1) is 11.3 Å². The predicted molar refractivity (Wildman–Crippen MR) is 150 cm³/mol. The molecule has 5 rings (SSSR count). The fourth-order valence-electron chi connectivity index (χ4n) is 4.47. The SMILES string of the molecule is CC(=O)N1CCc2c(sc3nc(SCC(=O)Nc4ccc(C(C)C)cc4)n(-c4ccccc4)c(=O)c23)C1. The van der Waals surface area contributed by atoms with E-state index in [0.29, 0.717) is 46.5 Å². The lowest BCUT2D eigenvalue weighted by molar-refractivity contribution is -0.129. The summed E-state index contributed by atoms with van der Waals surface area (Å²) >= 11 is 2.70. The van der Waals surface area contributed by atoms with Gasteiger partial charge in [0.2, 0.25) is 11.8 Å². The predicted octanol–water partition coefficient (Wildman–Crippen LogP) is 5.21. The Bertz CT molecular complexity index is 1530. The molecule has 0 spiro atoms. The van der Waals surface area contributed by atoms with Crippen LogP contribution in [0.4, 0.5) is 5.69 Å². The molecule has 7 nitrogen and oxygen atoms in total. The second-order valence-corrected chi connectivity index (χ2v) is 11.4. The van der Waals surface area contributed by atoms with Crippen molar-refractivity contribution in [3.8, 4) is 5.69 Å². The van der Waals surface area contributed by atoms with E-state index in [-0.39, 0.29) is 23.1 Å². The third kappa shape index (κ3) is 5.19. The zero-order valence-corrected chi connectivity index (χ0v) is 22.6. The molecule has 0 bridgehead atoms. The minimum absolute atomic E-state index is 0.0267. The van der Waals surface area contributed by atoms with E-state index in [4.69, 9.17) is 4.98 Å². The van der Waals surface area contributed by atoms with Gasteiger partial charge in [0.05, 0.1) is 23.4 Å².